The van der Waals surface area contributed by atoms with Gasteiger partial charge in [0.1, 0.15) is 17.5 Å². The molecule has 7 heteroatoms. The van der Waals surface area contributed by atoms with Gasteiger partial charge in [-0.15, -0.1) is 0 Å². The molecule has 0 aliphatic heterocycles. The summed E-state index contributed by atoms with van der Waals surface area (Å²) in [6, 6.07) is 10.5. The number of aromatic nitrogens is 1. The number of carbonyl (C=O) groups is 1. The second-order valence-corrected chi connectivity index (χ2v) is 5.06. The average molecular weight is 338 g/mol. The number of amides is 1. The molecule has 0 unspecified atom stereocenters. The Hall–Kier alpha value is -3.53. The van der Waals surface area contributed by atoms with E-state index in [0.717, 1.165) is 5.56 Å². The van der Waals surface area contributed by atoms with Crippen LogP contribution in [0.4, 0.5) is 11.5 Å². The molecule has 0 atom stereocenters. The fourth-order valence-corrected chi connectivity index (χ4v) is 2.02. The number of nitriles is 1. The van der Waals surface area contributed by atoms with Gasteiger partial charge in [0.15, 0.2) is 11.5 Å². The van der Waals surface area contributed by atoms with Crippen molar-refractivity contribution in [3.8, 4) is 17.6 Å². The molecule has 0 spiro atoms. The Morgan fingerprint density at radius 1 is 1.20 bits per heavy atom. The summed E-state index contributed by atoms with van der Waals surface area (Å²) in [4.78, 5) is 16.4. The van der Waals surface area contributed by atoms with E-state index in [2.05, 4.69) is 15.6 Å². The van der Waals surface area contributed by atoms with Crippen LogP contribution in [-0.4, -0.2) is 25.1 Å². The second-order valence-electron chi connectivity index (χ2n) is 5.06. The summed E-state index contributed by atoms with van der Waals surface area (Å²) in [6.07, 6.45) is 2.96. The molecule has 0 bridgehead atoms. The monoisotopic (exact) mass is 338 g/mol. The average Bonchev–Trinajstić information content (AvgIpc) is 2.62. The van der Waals surface area contributed by atoms with Crippen molar-refractivity contribution in [2.45, 2.75) is 6.92 Å². The van der Waals surface area contributed by atoms with Crippen LogP contribution in [0.3, 0.4) is 0 Å². The van der Waals surface area contributed by atoms with E-state index in [0.29, 0.717) is 23.0 Å². The van der Waals surface area contributed by atoms with E-state index >= 15 is 0 Å². The first-order valence-electron chi connectivity index (χ1n) is 7.40. The maximum absolute atomic E-state index is 12.3. The van der Waals surface area contributed by atoms with E-state index in [4.69, 9.17) is 9.47 Å². The first-order chi connectivity index (χ1) is 12.1. The molecule has 2 rings (SSSR count). The summed E-state index contributed by atoms with van der Waals surface area (Å²) in [7, 11) is 3.03. The Kier molecular flexibility index (Phi) is 5.96. The van der Waals surface area contributed by atoms with Crippen LogP contribution in [-0.2, 0) is 4.79 Å². The first-order valence-corrected chi connectivity index (χ1v) is 7.40. The number of ether oxygens (including phenoxy) is 2. The first kappa shape index (κ1) is 17.8. The molecule has 1 aromatic carbocycles. The number of anilines is 2. The molecule has 0 fully saturated rings. The number of aryl methyl sites for hydroxylation is 1. The Labute approximate surface area is 145 Å². The normalized spacial score (nSPS) is 10.6. The number of pyridine rings is 1. The molecule has 0 saturated heterocycles. The molecule has 2 aromatic rings. The lowest BCUT2D eigenvalue weighted by Crippen LogP contribution is -2.14. The predicted molar refractivity (Wildman–Crippen MR) is 94.5 cm³/mol. The largest absolute Gasteiger partial charge is 0.493 e. The third kappa shape index (κ3) is 4.72. The lowest BCUT2D eigenvalue weighted by molar-refractivity contribution is -0.112. The van der Waals surface area contributed by atoms with Gasteiger partial charge in [0.2, 0.25) is 0 Å². The van der Waals surface area contributed by atoms with E-state index in [-0.39, 0.29) is 5.57 Å². The SMILES string of the molecule is COc1ccc(NC(=O)/C(C#N)=C\Nc2cc(C)ccn2)cc1OC. The zero-order chi connectivity index (χ0) is 18.2. The molecule has 25 heavy (non-hydrogen) atoms. The summed E-state index contributed by atoms with van der Waals surface area (Å²) in [6.45, 7) is 1.92. The summed E-state index contributed by atoms with van der Waals surface area (Å²) >= 11 is 0. The van der Waals surface area contributed by atoms with Crippen LogP contribution in [0.5, 0.6) is 11.5 Å². The minimum absolute atomic E-state index is 0.0851. The van der Waals surface area contributed by atoms with Crippen LogP contribution < -0.4 is 20.1 Å². The number of hydrogen-bond acceptors (Lipinski definition) is 6. The van der Waals surface area contributed by atoms with Crippen molar-refractivity contribution in [2.24, 2.45) is 0 Å². The summed E-state index contributed by atoms with van der Waals surface area (Å²) in [5, 5.41) is 14.7. The van der Waals surface area contributed by atoms with Gasteiger partial charge in [-0.25, -0.2) is 4.98 Å². The molecule has 1 heterocycles. The number of benzene rings is 1. The highest BCUT2D eigenvalue weighted by molar-refractivity contribution is 6.06. The molecule has 7 nitrogen and oxygen atoms in total. The van der Waals surface area contributed by atoms with Gasteiger partial charge < -0.3 is 20.1 Å². The number of methoxy groups -OCH3 is 2. The summed E-state index contributed by atoms with van der Waals surface area (Å²) in [5.41, 5.74) is 1.41. The lowest BCUT2D eigenvalue weighted by atomic mass is 10.2. The van der Waals surface area contributed by atoms with Crippen LogP contribution in [0.2, 0.25) is 0 Å². The van der Waals surface area contributed by atoms with Gasteiger partial charge in [-0.1, -0.05) is 0 Å². The molecule has 0 aliphatic rings. The molecule has 128 valence electrons. The van der Waals surface area contributed by atoms with Crippen molar-refractivity contribution in [3.05, 3.63) is 53.9 Å². The van der Waals surface area contributed by atoms with Crippen LogP contribution in [0.15, 0.2) is 48.3 Å². The van der Waals surface area contributed by atoms with Gasteiger partial charge in [-0.3, -0.25) is 4.79 Å². The van der Waals surface area contributed by atoms with E-state index in [1.165, 1.54) is 20.4 Å². The standard InChI is InChI=1S/C18H18N4O3/c1-12-6-7-20-17(8-12)21-11-13(10-19)18(23)22-14-4-5-15(24-2)16(9-14)25-3/h4-9,11H,1-3H3,(H,20,21)(H,22,23)/b13-11-. The van der Waals surface area contributed by atoms with E-state index < -0.39 is 5.91 Å². The zero-order valence-corrected chi connectivity index (χ0v) is 14.2. The van der Waals surface area contributed by atoms with Crippen molar-refractivity contribution in [1.29, 1.82) is 5.26 Å². The number of nitrogens with zero attached hydrogens (tertiary/aromatic N) is 2. The van der Waals surface area contributed by atoms with Gasteiger partial charge >= 0.3 is 0 Å². The Bertz CT molecular complexity index is 840. The van der Waals surface area contributed by atoms with Crippen molar-refractivity contribution in [2.75, 3.05) is 24.9 Å². The fraction of sp³-hybridized carbons (Fsp3) is 0.167. The number of hydrogen-bond donors (Lipinski definition) is 2. The van der Waals surface area contributed by atoms with E-state index in [1.54, 1.807) is 30.5 Å². The predicted octanol–water partition coefficient (Wildman–Crippen LogP) is 2.87. The smallest absolute Gasteiger partial charge is 0.267 e. The molecule has 0 aliphatic carbocycles. The Morgan fingerprint density at radius 2 is 1.96 bits per heavy atom. The van der Waals surface area contributed by atoms with Gasteiger partial charge in [-0.05, 0) is 36.8 Å². The zero-order valence-electron chi connectivity index (χ0n) is 14.2. The van der Waals surface area contributed by atoms with Crippen LogP contribution in [0.25, 0.3) is 0 Å². The summed E-state index contributed by atoms with van der Waals surface area (Å²) in [5.74, 6) is 1.02. The maximum Gasteiger partial charge on any atom is 0.267 e. The van der Waals surface area contributed by atoms with Crippen LogP contribution in [0.1, 0.15) is 5.56 Å². The van der Waals surface area contributed by atoms with Crippen molar-refractivity contribution < 1.29 is 14.3 Å². The Morgan fingerprint density at radius 3 is 2.60 bits per heavy atom. The van der Waals surface area contributed by atoms with E-state index in [1.807, 2.05) is 19.1 Å². The third-order valence-corrected chi connectivity index (χ3v) is 3.29. The highest BCUT2D eigenvalue weighted by Crippen LogP contribution is 2.29. The quantitative estimate of drug-likeness (QED) is 0.621. The number of rotatable bonds is 6. The summed E-state index contributed by atoms with van der Waals surface area (Å²) < 4.78 is 10.3. The van der Waals surface area contributed by atoms with E-state index in [9.17, 15) is 10.1 Å². The molecule has 0 saturated carbocycles. The van der Waals surface area contributed by atoms with Gasteiger partial charge in [0, 0.05) is 24.2 Å². The highest BCUT2D eigenvalue weighted by Gasteiger charge is 2.11. The van der Waals surface area contributed by atoms with Crippen LogP contribution >= 0.6 is 0 Å². The Balaban J connectivity index is 2.12. The molecule has 0 radical (unpaired) electrons. The fourth-order valence-electron chi connectivity index (χ4n) is 2.02. The van der Waals surface area contributed by atoms with Crippen LogP contribution in [0, 0.1) is 18.3 Å². The van der Waals surface area contributed by atoms with Gasteiger partial charge in [0.05, 0.1) is 14.2 Å². The third-order valence-electron chi connectivity index (χ3n) is 3.29. The number of nitrogens with one attached hydrogen (secondary N) is 2. The van der Waals surface area contributed by atoms with Gasteiger partial charge in [-0.2, -0.15) is 5.26 Å². The molecule has 2 N–H and O–H groups in total. The van der Waals surface area contributed by atoms with Crippen molar-refractivity contribution in [3.63, 3.8) is 0 Å². The lowest BCUT2D eigenvalue weighted by Gasteiger charge is -2.10. The molecule has 1 aromatic heterocycles. The second kappa shape index (κ2) is 8.36. The molecular formula is C18H18N4O3. The molecular weight excluding hydrogens is 320 g/mol. The number of carbonyl (C=O) groups excluding carboxylic acids is 1. The minimum atomic E-state index is -0.546. The highest BCUT2D eigenvalue weighted by atomic mass is 16.5. The topological polar surface area (TPSA) is 96.3 Å². The van der Waals surface area contributed by atoms with Gasteiger partial charge in [0.25, 0.3) is 5.91 Å². The molecule has 1 amide bonds. The minimum Gasteiger partial charge on any atom is -0.493 e. The van der Waals surface area contributed by atoms with Crippen molar-refractivity contribution >= 4 is 17.4 Å². The van der Waals surface area contributed by atoms with Crippen molar-refractivity contribution in [1.82, 2.24) is 4.98 Å². The maximum atomic E-state index is 12.3.